The number of unbranched alkanes of at least 4 members (excludes halogenated alkanes) is 1. The molecule has 1 rings (SSSR count). The van der Waals surface area contributed by atoms with Crippen LogP contribution in [0.25, 0.3) is 0 Å². The molecule has 0 saturated heterocycles. The molecule has 0 heterocycles. The molecular weight excluding hydrogens is 278 g/mol. The smallest absolute Gasteiger partial charge is 0.306 e. The molecule has 0 spiro atoms. The fraction of sp³-hybridized carbons (Fsp3) is 0.500. The van der Waals surface area contributed by atoms with Crippen LogP contribution in [0.15, 0.2) is 29.2 Å². The van der Waals surface area contributed by atoms with Crippen LogP contribution in [-0.4, -0.2) is 32.8 Å². The summed E-state index contributed by atoms with van der Waals surface area (Å²) in [6.45, 7) is 2.10. The van der Waals surface area contributed by atoms with Gasteiger partial charge in [-0.05, 0) is 24.1 Å². The van der Waals surface area contributed by atoms with Crippen molar-refractivity contribution in [3.63, 3.8) is 0 Å². The maximum atomic E-state index is 12.0. The molecule has 0 aliphatic rings. The van der Waals surface area contributed by atoms with Crippen LogP contribution in [0.2, 0.25) is 0 Å². The van der Waals surface area contributed by atoms with Crippen LogP contribution in [-0.2, 0) is 26.2 Å². The summed E-state index contributed by atoms with van der Waals surface area (Å²) >= 11 is 0. The summed E-state index contributed by atoms with van der Waals surface area (Å²) in [6.07, 6.45) is 2.13. The molecule has 0 aliphatic carbocycles. The molecule has 112 valence electrons. The topological polar surface area (TPSA) is 63.7 Å². The van der Waals surface area contributed by atoms with Gasteiger partial charge in [-0.25, -0.2) is 12.7 Å². The SMILES string of the molecule is CCCCC(=O)OCc1cccc(S(=O)(=O)N(C)C)c1. The molecular formula is C14H21NO4S. The normalized spacial score (nSPS) is 11.6. The van der Waals surface area contributed by atoms with Gasteiger partial charge in [-0.1, -0.05) is 25.5 Å². The van der Waals surface area contributed by atoms with Crippen molar-refractivity contribution in [2.45, 2.75) is 37.7 Å². The molecule has 0 fully saturated rings. The zero-order valence-electron chi connectivity index (χ0n) is 12.1. The summed E-state index contributed by atoms with van der Waals surface area (Å²) in [5, 5.41) is 0. The third-order valence-electron chi connectivity index (χ3n) is 2.81. The number of hydrogen-bond donors (Lipinski definition) is 0. The summed E-state index contributed by atoms with van der Waals surface area (Å²) in [6, 6.07) is 6.44. The summed E-state index contributed by atoms with van der Waals surface area (Å²) in [7, 11) is -0.501. The fourth-order valence-corrected chi connectivity index (χ4v) is 2.54. The lowest BCUT2D eigenvalue weighted by atomic mass is 10.2. The lowest BCUT2D eigenvalue weighted by Gasteiger charge is -2.12. The Balaban J connectivity index is 2.72. The van der Waals surface area contributed by atoms with Gasteiger partial charge in [-0.3, -0.25) is 4.79 Å². The molecule has 0 amide bonds. The van der Waals surface area contributed by atoms with Crippen LogP contribution in [0.1, 0.15) is 31.7 Å². The Bertz CT molecular complexity index is 552. The van der Waals surface area contributed by atoms with Gasteiger partial charge in [0.25, 0.3) is 0 Å². The summed E-state index contributed by atoms with van der Waals surface area (Å²) in [4.78, 5) is 11.6. The third-order valence-corrected chi connectivity index (χ3v) is 4.62. The van der Waals surface area contributed by atoms with E-state index in [1.165, 1.54) is 26.2 Å². The Morgan fingerprint density at radius 1 is 1.30 bits per heavy atom. The van der Waals surface area contributed by atoms with Crippen LogP contribution in [0.3, 0.4) is 0 Å². The Labute approximate surface area is 120 Å². The van der Waals surface area contributed by atoms with Gasteiger partial charge in [0, 0.05) is 20.5 Å². The summed E-state index contributed by atoms with van der Waals surface area (Å²) in [5.74, 6) is -0.257. The largest absolute Gasteiger partial charge is 0.461 e. The second-order valence-corrected chi connectivity index (χ2v) is 6.85. The highest BCUT2D eigenvalue weighted by atomic mass is 32.2. The molecule has 0 bridgehead atoms. The van der Waals surface area contributed by atoms with E-state index in [0.29, 0.717) is 12.0 Å². The lowest BCUT2D eigenvalue weighted by molar-refractivity contribution is -0.145. The number of nitrogens with zero attached hydrogens (tertiary/aromatic N) is 1. The first kappa shape index (κ1) is 16.7. The summed E-state index contributed by atoms with van der Waals surface area (Å²) < 4.78 is 30.2. The van der Waals surface area contributed by atoms with Gasteiger partial charge in [-0.15, -0.1) is 0 Å². The van der Waals surface area contributed by atoms with E-state index < -0.39 is 10.0 Å². The van der Waals surface area contributed by atoms with Crippen molar-refractivity contribution >= 4 is 16.0 Å². The third kappa shape index (κ3) is 4.61. The molecule has 1 aromatic rings. The number of benzene rings is 1. The maximum Gasteiger partial charge on any atom is 0.306 e. The number of carbonyl (C=O) groups excluding carboxylic acids is 1. The highest BCUT2D eigenvalue weighted by Gasteiger charge is 2.17. The Morgan fingerprint density at radius 2 is 2.00 bits per heavy atom. The predicted octanol–water partition coefficient (Wildman–Crippen LogP) is 2.17. The Hall–Kier alpha value is -1.40. The quantitative estimate of drug-likeness (QED) is 0.724. The molecule has 0 aliphatic heterocycles. The van der Waals surface area contributed by atoms with E-state index in [0.717, 1.165) is 17.1 Å². The molecule has 20 heavy (non-hydrogen) atoms. The minimum Gasteiger partial charge on any atom is -0.461 e. The average molecular weight is 299 g/mol. The maximum absolute atomic E-state index is 12.0. The molecule has 6 heteroatoms. The standard InChI is InChI=1S/C14H21NO4S/c1-4-5-9-14(16)19-11-12-7-6-8-13(10-12)20(17,18)15(2)3/h6-8,10H,4-5,9,11H2,1-3H3. The molecule has 0 radical (unpaired) electrons. The number of hydrogen-bond acceptors (Lipinski definition) is 4. The van der Waals surface area contributed by atoms with Gasteiger partial charge in [0.2, 0.25) is 10.0 Å². The van der Waals surface area contributed by atoms with Crippen molar-refractivity contribution in [3.8, 4) is 0 Å². The molecule has 0 atom stereocenters. The molecule has 0 N–H and O–H groups in total. The Morgan fingerprint density at radius 3 is 2.60 bits per heavy atom. The van der Waals surface area contributed by atoms with Gasteiger partial charge < -0.3 is 4.74 Å². The predicted molar refractivity (Wildman–Crippen MR) is 76.6 cm³/mol. The van der Waals surface area contributed by atoms with Crippen LogP contribution >= 0.6 is 0 Å². The van der Waals surface area contributed by atoms with Crippen molar-refractivity contribution in [2.24, 2.45) is 0 Å². The van der Waals surface area contributed by atoms with Gasteiger partial charge in [0.15, 0.2) is 0 Å². The zero-order chi connectivity index (χ0) is 15.2. The van der Waals surface area contributed by atoms with Crippen molar-refractivity contribution < 1.29 is 17.9 Å². The molecule has 0 unspecified atom stereocenters. The number of rotatable bonds is 7. The van der Waals surface area contributed by atoms with E-state index in [1.807, 2.05) is 6.92 Å². The zero-order valence-corrected chi connectivity index (χ0v) is 12.9. The molecule has 1 aromatic carbocycles. The minimum atomic E-state index is -3.46. The van der Waals surface area contributed by atoms with E-state index in [9.17, 15) is 13.2 Å². The highest BCUT2D eigenvalue weighted by Crippen LogP contribution is 2.15. The van der Waals surface area contributed by atoms with Gasteiger partial charge in [0.1, 0.15) is 6.61 Å². The van der Waals surface area contributed by atoms with E-state index in [2.05, 4.69) is 0 Å². The monoisotopic (exact) mass is 299 g/mol. The molecule has 0 aromatic heterocycles. The fourth-order valence-electron chi connectivity index (χ4n) is 1.56. The second kappa shape index (κ2) is 7.40. The lowest BCUT2D eigenvalue weighted by Crippen LogP contribution is -2.22. The highest BCUT2D eigenvalue weighted by molar-refractivity contribution is 7.89. The first-order valence-electron chi connectivity index (χ1n) is 6.55. The van der Waals surface area contributed by atoms with Crippen molar-refractivity contribution in [1.82, 2.24) is 4.31 Å². The van der Waals surface area contributed by atoms with Crippen molar-refractivity contribution in [2.75, 3.05) is 14.1 Å². The van der Waals surface area contributed by atoms with E-state index in [4.69, 9.17) is 4.74 Å². The van der Waals surface area contributed by atoms with Crippen LogP contribution < -0.4 is 0 Å². The first-order valence-corrected chi connectivity index (χ1v) is 7.99. The van der Waals surface area contributed by atoms with Crippen molar-refractivity contribution in [1.29, 1.82) is 0 Å². The van der Waals surface area contributed by atoms with E-state index >= 15 is 0 Å². The van der Waals surface area contributed by atoms with Gasteiger partial charge >= 0.3 is 5.97 Å². The molecule has 5 nitrogen and oxygen atoms in total. The van der Waals surface area contributed by atoms with Gasteiger partial charge in [0.05, 0.1) is 4.90 Å². The Kier molecular flexibility index (Phi) is 6.16. The van der Waals surface area contributed by atoms with E-state index in [1.54, 1.807) is 12.1 Å². The van der Waals surface area contributed by atoms with Crippen LogP contribution in [0.5, 0.6) is 0 Å². The number of carbonyl (C=O) groups is 1. The summed E-state index contributed by atoms with van der Waals surface area (Å²) in [5.41, 5.74) is 0.665. The second-order valence-electron chi connectivity index (χ2n) is 4.70. The average Bonchev–Trinajstić information content (AvgIpc) is 2.43. The minimum absolute atomic E-state index is 0.0966. The van der Waals surface area contributed by atoms with E-state index in [-0.39, 0.29) is 17.5 Å². The van der Waals surface area contributed by atoms with Gasteiger partial charge in [-0.2, -0.15) is 0 Å². The van der Waals surface area contributed by atoms with Crippen LogP contribution in [0, 0.1) is 0 Å². The molecule has 0 saturated carbocycles. The number of sulfonamides is 1. The van der Waals surface area contributed by atoms with Crippen molar-refractivity contribution in [3.05, 3.63) is 29.8 Å². The first-order chi connectivity index (χ1) is 9.37. The number of ether oxygens (including phenoxy) is 1. The number of esters is 1. The van der Waals surface area contributed by atoms with Crippen LogP contribution in [0.4, 0.5) is 0 Å².